The zero-order valence-electron chi connectivity index (χ0n) is 11.5. The van der Waals surface area contributed by atoms with Gasteiger partial charge in [0.25, 0.3) is 0 Å². The zero-order chi connectivity index (χ0) is 13.7. The van der Waals surface area contributed by atoms with Crippen molar-refractivity contribution < 1.29 is 27.0 Å². The molecule has 6 heteroatoms. The van der Waals surface area contributed by atoms with E-state index in [0.717, 1.165) is 37.6 Å². The third-order valence-corrected chi connectivity index (χ3v) is 3.38. The monoisotopic (exact) mass is 320 g/mol. The Kier molecular flexibility index (Phi) is 7.62. The van der Waals surface area contributed by atoms with E-state index in [-0.39, 0.29) is 12.4 Å². The number of aliphatic hydroxyl groups is 1. The molecule has 1 aliphatic heterocycles. The maximum atomic E-state index is 9.97. The number of benzene rings is 1. The van der Waals surface area contributed by atoms with Gasteiger partial charge in [-0.2, -0.15) is 0 Å². The number of hydrogen-bond acceptors (Lipinski definition) is 4. The predicted molar refractivity (Wildman–Crippen MR) is 74.9 cm³/mol. The summed E-state index contributed by atoms with van der Waals surface area (Å²) in [5, 5.41) is 10.7. The summed E-state index contributed by atoms with van der Waals surface area (Å²) in [5.74, 6) is 0.769. The second-order valence-corrected chi connectivity index (χ2v) is 5.22. The fraction of sp³-hybridized carbons (Fsp3) is 0.571. The molecular formula is C14H20Cl2NO3-. The van der Waals surface area contributed by atoms with Crippen LogP contribution in [0, 0.1) is 6.92 Å². The normalized spacial score (nSPS) is 17.4. The predicted octanol–water partition coefficient (Wildman–Crippen LogP) is -1.28. The summed E-state index contributed by atoms with van der Waals surface area (Å²) in [7, 11) is 0. The summed E-state index contributed by atoms with van der Waals surface area (Å²) < 4.78 is 10.9. The Morgan fingerprint density at radius 1 is 1.40 bits per heavy atom. The van der Waals surface area contributed by atoms with E-state index in [4.69, 9.17) is 21.1 Å². The highest BCUT2D eigenvalue weighted by molar-refractivity contribution is 6.30. The molecule has 1 aromatic carbocycles. The summed E-state index contributed by atoms with van der Waals surface area (Å²) in [6, 6.07) is 5.47. The topological polar surface area (TPSA) is 41.9 Å². The van der Waals surface area contributed by atoms with E-state index < -0.39 is 6.10 Å². The third-order valence-electron chi connectivity index (χ3n) is 3.14. The number of aryl methyl sites for hydroxylation is 1. The van der Waals surface area contributed by atoms with Gasteiger partial charge in [-0.15, -0.1) is 0 Å². The number of ether oxygens (including phenoxy) is 2. The van der Waals surface area contributed by atoms with Crippen LogP contribution in [0.4, 0.5) is 0 Å². The number of β-amino-alcohol motifs (C(OH)–C–C–N with tert-alkyl or cyclic N) is 1. The number of nitrogens with zero attached hydrogens (tertiary/aromatic N) is 1. The second kappa shape index (κ2) is 8.70. The SMILES string of the molecule is Cc1cc(Cl)ccc1OCC(O)CN1CCOCC1.[Cl-]. The van der Waals surface area contributed by atoms with Crippen LogP contribution in [0.5, 0.6) is 5.75 Å². The molecule has 1 heterocycles. The maximum absolute atomic E-state index is 9.97. The molecule has 1 aromatic rings. The van der Waals surface area contributed by atoms with Crippen molar-refractivity contribution >= 4 is 11.6 Å². The van der Waals surface area contributed by atoms with Crippen molar-refractivity contribution in [1.82, 2.24) is 4.90 Å². The Labute approximate surface area is 131 Å². The van der Waals surface area contributed by atoms with Crippen molar-refractivity contribution in [2.24, 2.45) is 0 Å². The van der Waals surface area contributed by atoms with Crippen molar-refractivity contribution in [3.05, 3.63) is 28.8 Å². The van der Waals surface area contributed by atoms with Crippen LogP contribution >= 0.6 is 11.6 Å². The van der Waals surface area contributed by atoms with Gasteiger partial charge < -0.3 is 27.0 Å². The Morgan fingerprint density at radius 3 is 2.75 bits per heavy atom. The van der Waals surface area contributed by atoms with E-state index >= 15 is 0 Å². The minimum Gasteiger partial charge on any atom is -1.00 e. The third kappa shape index (κ3) is 5.46. The zero-order valence-corrected chi connectivity index (χ0v) is 13.0. The van der Waals surface area contributed by atoms with Crippen LogP contribution in [0.3, 0.4) is 0 Å². The van der Waals surface area contributed by atoms with E-state index in [0.29, 0.717) is 18.2 Å². The maximum Gasteiger partial charge on any atom is 0.122 e. The fourth-order valence-corrected chi connectivity index (χ4v) is 2.32. The Balaban J connectivity index is 0.00000200. The van der Waals surface area contributed by atoms with E-state index in [1.54, 1.807) is 6.07 Å². The molecule has 1 saturated heterocycles. The first-order valence-electron chi connectivity index (χ1n) is 6.52. The number of aliphatic hydroxyl groups excluding tert-OH is 1. The average molecular weight is 321 g/mol. The average Bonchev–Trinajstić information content (AvgIpc) is 2.39. The van der Waals surface area contributed by atoms with Crippen molar-refractivity contribution in [2.45, 2.75) is 13.0 Å². The first-order chi connectivity index (χ1) is 9.15. The van der Waals surface area contributed by atoms with Gasteiger partial charge in [0.2, 0.25) is 0 Å². The summed E-state index contributed by atoms with van der Waals surface area (Å²) in [4.78, 5) is 2.19. The molecule has 1 unspecified atom stereocenters. The van der Waals surface area contributed by atoms with E-state index in [1.807, 2.05) is 19.1 Å². The molecule has 1 aliphatic rings. The molecule has 0 radical (unpaired) electrons. The van der Waals surface area contributed by atoms with Crippen LogP contribution in [0.25, 0.3) is 0 Å². The Morgan fingerprint density at radius 2 is 2.10 bits per heavy atom. The molecule has 0 aliphatic carbocycles. The van der Waals surface area contributed by atoms with Crippen molar-refractivity contribution in [1.29, 1.82) is 0 Å². The van der Waals surface area contributed by atoms with Crippen LogP contribution in [0.15, 0.2) is 18.2 Å². The molecule has 2 rings (SSSR count). The summed E-state index contributed by atoms with van der Waals surface area (Å²) in [6.45, 7) is 6.08. The van der Waals surface area contributed by atoms with E-state index in [1.165, 1.54) is 0 Å². The van der Waals surface area contributed by atoms with Gasteiger partial charge in [-0.25, -0.2) is 0 Å². The van der Waals surface area contributed by atoms with Crippen LogP contribution in [0.1, 0.15) is 5.56 Å². The molecule has 1 fully saturated rings. The van der Waals surface area contributed by atoms with Gasteiger partial charge in [0, 0.05) is 24.7 Å². The van der Waals surface area contributed by atoms with Crippen molar-refractivity contribution in [3.8, 4) is 5.75 Å². The van der Waals surface area contributed by atoms with Gasteiger partial charge in [-0.1, -0.05) is 11.6 Å². The largest absolute Gasteiger partial charge is 1.00 e. The van der Waals surface area contributed by atoms with Gasteiger partial charge in [-0.05, 0) is 30.7 Å². The Bertz CT molecular complexity index is 411. The quantitative estimate of drug-likeness (QED) is 0.734. The minimum absolute atomic E-state index is 0. The first kappa shape index (κ1) is 17.5. The first-order valence-corrected chi connectivity index (χ1v) is 6.90. The van der Waals surface area contributed by atoms with Gasteiger partial charge in [-0.3, -0.25) is 4.90 Å². The van der Waals surface area contributed by atoms with Gasteiger partial charge in [0.05, 0.1) is 13.2 Å². The fourth-order valence-electron chi connectivity index (χ4n) is 2.10. The summed E-state index contributed by atoms with van der Waals surface area (Å²) in [6.07, 6.45) is -0.492. The van der Waals surface area contributed by atoms with Crippen LogP contribution in [0.2, 0.25) is 5.02 Å². The molecule has 0 aromatic heterocycles. The number of halogens is 2. The molecule has 0 saturated carbocycles. The standard InChI is InChI=1S/C14H20ClNO3.ClH/c1-11-8-12(15)2-3-14(11)19-10-13(17)9-16-4-6-18-7-5-16;/h2-3,8,13,17H,4-7,9-10H2,1H3;1H/p-1. The lowest BCUT2D eigenvalue weighted by atomic mass is 10.2. The Hall–Kier alpha value is -0.520. The molecule has 4 nitrogen and oxygen atoms in total. The highest BCUT2D eigenvalue weighted by Gasteiger charge is 2.15. The summed E-state index contributed by atoms with van der Waals surface area (Å²) >= 11 is 5.89. The van der Waals surface area contributed by atoms with Gasteiger partial charge in [0.15, 0.2) is 0 Å². The van der Waals surface area contributed by atoms with Gasteiger partial charge >= 0.3 is 0 Å². The number of morpholine rings is 1. The highest BCUT2D eigenvalue weighted by Crippen LogP contribution is 2.21. The van der Waals surface area contributed by atoms with E-state index in [2.05, 4.69) is 4.90 Å². The molecular weight excluding hydrogens is 301 g/mol. The molecule has 114 valence electrons. The summed E-state index contributed by atoms with van der Waals surface area (Å²) in [5.41, 5.74) is 0.978. The smallest absolute Gasteiger partial charge is 0.122 e. The molecule has 0 amide bonds. The highest BCUT2D eigenvalue weighted by atomic mass is 35.5. The molecule has 1 N–H and O–H groups in total. The van der Waals surface area contributed by atoms with Crippen molar-refractivity contribution in [3.63, 3.8) is 0 Å². The minimum atomic E-state index is -0.492. The lowest BCUT2D eigenvalue weighted by Gasteiger charge is -2.28. The van der Waals surface area contributed by atoms with Crippen molar-refractivity contribution in [2.75, 3.05) is 39.5 Å². The van der Waals surface area contributed by atoms with Crippen LogP contribution in [-0.2, 0) is 4.74 Å². The molecule has 1 atom stereocenters. The molecule has 20 heavy (non-hydrogen) atoms. The molecule has 0 spiro atoms. The second-order valence-electron chi connectivity index (χ2n) is 4.79. The van der Waals surface area contributed by atoms with Crippen LogP contribution in [-0.4, -0.2) is 55.6 Å². The molecule has 0 bridgehead atoms. The van der Waals surface area contributed by atoms with E-state index in [9.17, 15) is 5.11 Å². The van der Waals surface area contributed by atoms with Crippen LogP contribution < -0.4 is 17.1 Å². The number of rotatable bonds is 5. The van der Waals surface area contributed by atoms with Gasteiger partial charge in [0.1, 0.15) is 18.5 Å². The number of hydrogen-bond donors (Lipinski definition) is 1. The lowest BCUT2D eigenvalue weighted by Crippen LogP contribution is -3.00. The lowest BCUT2D eigenvalue weighted by molar-refractivity contribution is -0.0000345.